The maximum atomic E-state index is 11.4. The van der Waals surface area contributed by atoms with Gasteiger partial charge in [-0.15, -0.1) is 0 Å². The van der Waals surface area contributed by atoms with Crippen LogP contribution in [0.15, 0.2) is 0 Å². The number of hydrogen-bond acceptors (Lipinski definition) is 5. The summed E-state index contributed by atoms with van der Waals surface area (Å²) < 4.78 is 9.58. The minimum atomic E-state index is -0.429. The number of ether oxygens (including phenoxy) is 2. The van der Waals surface area contributed by atoms with Crippen molar-refractivity contribution in [3.8, 4) is 0 Å². The Kier molecular flexibility index (Phi) is 5.21. The Morgan fingerprint density at radius 2 is 2.18 bits per heavy atom. The summed E-state index contributed by atoms with van der Waals surface area (Å²) in [4.78, 5) is 24.4. The van der Waals surface area contributed by atoms with Gasteiger partial charge in [-0.05, 0) is 20.3 Å². The third-order valence-corrected chi connectivity index (χ3v) is 2.50. The fourth-order valence-corrected chi connectivity index (χ4v) is 1.80. The van der Waals surface area contributed by atoms with Gasteiger partial charge in [0.15, 0.2) is 0 Å². The predicted molar refractivity (Wildman–Crippen MR) is 61.6 cm³/mol. The molecule has 0 aliphatic carbocycles. The number of carbonyl (C=O) groups is 2. The highest BCUT2D eigenvalue weighted by molar-refractivity contribution is 5.72. The topological polar surface area (TPSA) is 67.9 Å². The van der Waals surface area contributed by atoms with Crippen LogP contribution in [0.4, 0.5) is 4.79 Å². The molecule has 1 heterocycles. The van der Waals surface area contributed by atoms with Gasteiger partial charge >= 0.3 is 12.1 Å². The Balaban J connectivity index is 2.26. The van der Waals surface area contributed by atoms with Gasteiger partial charge in [0.05, 0.1) is 19.8 Å². The molecular weight excluding hydrogens is 224 g/mol. The molecule has 1 amide bonds. The lowest BCUT2D eigenvalue weighted by Gasteiger charge is -2.16. The van der Waals surface area contributed by atoms with Gasteiger partial charge in [0.2, 0.25) is 0 Å². The Labute approximate surface area is 101 Å². The molecule has 17 heavy (non-hydrogen) atoms. The number of methoxy groups -OCH3 is 1. The van der Waals surface area contributed by atoms with E-state index >= 15 is 0 Å². The van der Waals surface area contributed by atoms with Gasteiger partial charge in [0.25, 0.3) is 0 Å². The molecule has 0 aromatic rings. The largest absolute Gasteiger partial charge is 0.462 e. The summed E-state index contributed by atoms with van der Waals surface area (Å²) in [5.74, 6) is -0.223. The molecule has 0 spiro atoms. The molecule has 1 unspecified atom stereocenters. The maximum absolute atomic E-state index is 11.4. The number of nitrogens with one attached hydrogen (secondary N) is 1. The molecule has 1 N–H and O–H groups in total. The predicted octanol–water partition coefficient (Wildman–Crippen LogP) is 0.368. The molecule has 6 heteroatoms. The number of hydrogen-bond donors (Lipinski definition) is 1. The van der Waals surface area contributed by atoms with Crippen LogP contribution in [0.2, 0.25) is 0 Å². The summed E-state index contributed by atoms with van der Waals surface area (Å²) >= 11 is 0. The third-order valence-electron chi connectivity index (χ3n) is 2.50. The normalized spacial score (nSPS) is 20.4. The number of carbonyl (C=O) groups excluding carboxylic acids is 2. The molecule has 1 aliphatic rings. The summed E-state index contributed by atoms with van der Waals surface area (Å²) in [5.41, 5.74) is 0. The third kappa shape index (κ3) is 5.04. The molecule has 1 aliphatic heterocycles. The first-order valence-corrected chi connectivity index (χ1v) is 5.77. The molecule has 1 atom stereocenters. The van der Waals surface area contributed by atoms with Crippen molar-refractivity contribution in [2.24, 2.45) is 0 Å². The molecule has 1 saturated heterocycles. The van der Waals surface area contributed by atoms with Crippen LogP contribution in [0.25, 0.3) is 0 Å². The second-order valence-electron chi connectivity index (χ2n) is 4.40. The molecule has 0 aromatic heterocycles. The van der Waals surface area contributed by atoms with E-state index in [4.69, 9.17) is 4.74 Å². The molecule has 1 rings (SSSR count). The SMILES string of the molecule is COC(=O)NC1CCN(CC(=O)OC(C)C)C1. The molecule has 98 valence electrons. The van der Waals surface area contributed by atoms with Crippen molar-refractivity contribution in [3.05, 3.63) is 0 Å². The Bertz CT molecular complexity index is 281. The van der Waals surface area contributed by atoms with E-state index in [1.807, 2.05) is 18.7 Å². The van der Waals surface area contributed by atoms with Crippen LogP contribution >= 0.6 is 0 Å². The minimum Gasteiger partial charge on any atom is -0.462 e. The van der Waals surface area contributed by atoms with Crippen molar-refractivity contribution in [3.63, 3.8) is 0 Å². The van der Waals surface area contributed by atoms with E-state index < -0.39 is 6.09 Å². The van der Waals surface area contributed by atoms with E-state index in [0.29, 0.717) is 6.54 Å². The number of amides is 1. The van der Waals surface area contributed by atoms with E-state index in [0.717, 1.165) is 13.0 Å². The highest BCUT2D eigenvalue weighted by Crippen LogP contribution is 2.09. The van der Waals surface area contributed by atoms with Crippen molar-refractivity contribution in [1.82, 2.24) is 10.2 Å². The highest BCUT2D eigenvalue weighted by atomic mass is 16.5. The quantitative estimate of drug-likeness (QED) is 0.724. The summed E-state index contributed by atoms with van der Waals surface area (Å²) in [6.07, 6.45) is 0.306. The fraction of sp³-hybridized carbons (Fsp3) is 0.818. The number of esters is 1. The summed E-state index contributed by atoms with van der Waals surface area (Å²) in [7, 11) is 1.34. The van der Waals surface area contributed by atoms with Crippen LogP contribution in [0.1, 0.15) is 20.3 Å². The zero-order valence-electron chi connectivity index (χ0n) is 10.6. The van der Waals surface area contributed by atoms with Gasteiger partial charge in [0.1, 0.15) is 0 Å². The lowest BCUT2D eigenvalue weighted by atomic mass is 10.3. The van der Waals surface area contributed by atoms with Crippen molar-refractivity contribution in [2.75, 3.05) is 26.7 Å². The fourth-order valence-electron chi connectivity index (χ4n) is 1.80. The molecule has 0 saturated carbocycles. The van der Waals surface area contributed by atoms with Crippen LogP contribution in [-0.4, -0.2) is 55.9 Å². The Morgan fingerprint density at radius 3 is 2.76 bits per heavy atom. The lowest BCUT2D eigenvalue weighted by Crippen LogP contribution is -2.38. The first-order valence-electron chi connectivity index (χ1n) is 5.77. The zero-order valence-corrected chi connectivity index (χ0v) is 10.6. The molecule has 0 aromatic carbocycles. The van der Waals surface area contributed by atoms with Crippen molar-refractivity contribution < 1.29 is 19.1 Å². The summed E-state index contributed by atoms with van der Waals surface area (Å²) in [6, 6.07) is 0.0503. The average Bonchev–Trinajstić information content (AvgIpc) is 2.63. The van der Waals surface area contributed by atoms with Gasteiger partial charge in [-0.1, -0.05) is 0 Å². The van der Waals surface area contributed by atoms with E-state index in [1.165, 1.54) is 7.11 Å². The Morgan fingerprint density at radius 1 is 1.47 bits per heavy atom. The molecule has 6 nitrogen and oxygen atoms in total. The summed E-state index contributed by atoms with van der Waals surface area (Å²) in [5, 5.41) is 2.72. The average molecular weight is 244 g/mol. The van der Waals surface area contributed by atoms with Gasteiger partial charge < -0.3 is 14.8 Å². The smallest absolute Gasteiger partial charge is 0.407 e. The first kappa shape index (κ1) is 13.8. The lowest BCUT2D eigenvalue weighted by molar-refractivity contribution is -0.148. The van der Waals surface area contributed by atoms with Crippen molar-refractivity contribution >= 4 is 12.1 Å². The number of alkyl carbamates (subject to hydrolysis) is 1. The molecule has 0 radical (unpaired) electrons. The van der Waals surface area contributed by atoms with Gasteiger partial charge in [-0.3, -0.25) is 9.69 Å². The zero-order chi connectivity index (χ0) is 12.8. The maximum Gasteiger partial charge on any atom is 0.407 e. The van der Waals surface area contributed by atoms with Crippen LogP contribution in [0, 0.1) is 0 Å². The van der Waals surface area contributed by atoms with Gasteiger partial charge in [-0.2, -0.15) is 0 Å². The molecule has 0 bridgehead atoms. The first-order chi connectivity index (χ1) is 8.01. The number of nitrogens with zero attached hydrogens (tertiary/aromatic N) is 1. The monoisotopic (exact) mass is 244 g/mol. The highest BCUT2D eigenvalue weighted by Gasteiger charge is 2.25. The van der Waals surface area contributed by atoms with E-state index in [9.17, 15) is 9.59 Å². The Hall–Kier alpha value is -1.30. The number of rotatable bonds is 4. The second kappa shape index (κ2) is 6.44. The van der Waals surface area contributed by atoms with Crippen LogP contribution in [0.3, 0.4) is 0 Å². The second-order valence-corrected chi connectivity index (χ2v) is 4.40. The summed E-state index contributed by atoms with van der Waals surface area (Å²) in [6.45, 7) is 5.36. The van der Waals surface area contributed by atoms with Crippen molar-refractivity contribution in [1.29, 1.82) is 0 Å². The van der Waals surface area contributed by atoms with E-state index in [2.05, 4.69) is 10.1 Å². The van der Waals surface area contributed by atoms with Crippen LogP contribution in [-0.2, 0) is 14.3 Å². The van der Waals surface area contributed by atoms with Gasteiger partial charge in [0, 0.05) is 19.1 Å². The van der Waals surface area contributed by atoms with Crippen LogP contribution in [0.5, 0.6) is 0 Å². The molecular formula is C11H20N2O4. The number of likely N-dealkylation sites (tertiary alicyclic amines) is 1. The standard InChI is InChI=1S/C11H20N2O4/c1-8(2)17-10(14)7-13-5-4-9(6-13)12-11(15)16-3/h8-9H,4-7H2,1-3H3,(H,12,15). The van der Waals surface area contributed by atoms with E-state index in [-0.39, 0.29) is 24.7 Å². The van der Waals surface area contributed by atoms with Gasteiger partial charge in [-0.25, -0.2) is 4.79 Å². The van der Waals surface area contributed by atoms with E-state index in [1.54, 1.807) is 0 Å². The van der Waals surface area contributed by atoms with Crippen molar-refractivity contribution in [2.45, 2.75) is 32.4 Å². The van der Waals surface area contributed by atoms with Crippen LogP contribution < -0.4 is 5.32 Å². The molecule has 1 fully saturated rings. The minimum absolute atomic E-state index is 0.0503.